The van der Waals surface area contributed by atoms with Gasteiger partial charge in [-0.2, -0.15) is 0 Å². The van der Waals surface area contributed by atoms with Crippen molar-refractivity contribution in [2.45, 2.75) is 25.9 Å². The van der Waals surface area contributed by atoms with Gasteiger partial charge in [0.2, 0.25) is 0 Å². The van der Waals surface area contributed by atoms with Crippen molar-refractivity contribution >= 4 is 28.2 Å². The zero-order valence-electron chi connectivity index (χ0n) is 22.8. The zero-order chi connectivity index (χ0) is 26.7. The Bertz CT molecular complexity index is 1230. The van der Waals surface area contributed by atoms with Gasteiger partial charge in [0.05, 0.1) is 5.52 Å². The van der Waals surface area contributed by atoms with Crippen LogP contribution < -0.4 is 5.32 Å². The van der Waals surface area contributed by atoms with Crippen molar-refractivity contribution in [3.05, 3.63) is 107 Å². The van der Waals surface area contributed by atoms with Gasteiger partial charge in [0.25, 0.3) is 0 Å². The Labute approximate surface area is 238 Å². The van der Waals surface area contributed by atoms with Crippen LogP contribution in [0.5, 0.6) is 0 Å². The molecule has 5 nitrogen and oxygen atoms in total. The average Bonchev–Trinajstić information content (AvgIpc) is 2.97. The summed E-state index contributed by atoms with van der Waals surface area (Å²) in [6.07, 6.45) is 4.18. The molecule has 4 aromatic rings. The molecule has 1 saturated heterocycles. The van der Waals surface area contributed by atoms with E-state index in [1.165, 1.54) is 37.2 Å². The van der Waals surface area contributed by atoms with E-state index in [0.717, 1.165) is 73.8 Å². The number of benzene rings is 3. The number of rotatable bonds is 13. The van der Waals surface area contributed by atoms with E-state index in [1.807, 2.05) is 18.3 Å². The van der Waals surface area contributed by atoms with Crippen LogP contribution in [0.4, 0.5) is 5.69 Å². The number of hydrogen-bond acceptors (Lipinski definition) is 5. The largest absolute Gasteiger partial charge is 0.384 e. The molecule has 1 N–H and O–H groups in total. The predicted octanol–water partition coefficient (Wildman–Crippen LogP) is 6.40. The SMILES string of the molecule is Clc1ccc2c(NCCCN3CCN(CCCN(Cc4ccccc4)Cc4ccccc4)CC3)ccnc2c1. The first-order valence-corrected chi connectivity index (χ1v) is 14.6. The molecule has 0 bridgehead atoms. The molecule has 1 aliphatic rings. The number of pyridine rings is 1. The number of nitrogens with one attached hydrogen (secondary N) is 1. The van der Waals surface area contributed by atoms with E-state index in [2.05, 4.69) is 97.8 Å². The van der Waals surface area contributed by atoms with E-state index in [9.17, 15) is 0 Å². The second-order valence-corrected chi connectivity index (χ2v) is 11.0. The van der Waals surface area contributed by atoms with Gasteiger partial charge >= 0.3 is 0 Å². The summed E-state index contributed by atoms with van der Waals surface area (Å²) in [6.45, 7) is 11.0. The third-order valence-corrected chi connectivity index (χ3v) is 7.82. The molecule has 0 unspecified atom stereocenters. The summed E-state index contributed by atoms with van der Waals surface area (Å²) in [4.78, 5) is 12.3. The van der Waals surface area contributed by atoms with E-state index in [4.69, 9.17) is 11.6 Å². The van der Waals surface area contributed by atoms with Gasteiger partial charge in [-0.05, 0) is 61.3 Å². The lowest BCUT2D eigenvalue weighted by Crippen LogP contribution is -2.47. The van der Waals surface area contributed by atoms with Crippen LogP contribution in [0.2, 0.25) is 5.02 Å². The number of nitrogens with zero attached hydrogens (tertiary/aromatic N) is 4. The maximum absolute atomic E-state index is 6.12. The quantitative estimate of drug-likeness (QED) is 0.198. The van der Waals surface area contributed by atoms with Crippen LogP contribution in [0.3, 0.4) is 0 Å². The summed E-state index contributed by atoms with van der Waals surface area (Å²) in [5.41, 5.74) is 4.85. The topological polar surface area (TPSA) is 34.6 Å². The van der Waals surface area contributed by atoms with Crippen molar-refractivity contribution in [2.24, 2.45) is 0 Å². The molecule has 39 heavy (non-hydrogen) atoms. The van der Waals surface area contributed by atoms with E-state index in [-0.39, 0.29) is 0 Å². The van der Waals surface area contributed by atoms with Crippen LogP contribution in [0, 0.1) is 0 Å². The maximum atomic E-state index is 6.12. The average molecular weight is 542 g/mol. The Morgan fingerprint density at radius 3 is 2.00 bits per heavy atom. The van der Waals surface area contributed by atoms with Gasteiger partial charge in [0.1, 0.15) is 0 Å². The first-order chi connectivity index (χ1) is 19.2. The summed E-state index contributed by atoms with van der Waals surface area (Å²) < 4.78 is 0. The highest BCUT2D eigenvalue weighted by Crippen LogP contribution is 2.24. The summed E-state index contributed by atoms with van der Waals surface area (Å²) in [5.74, 6) is 0. The summed E-state index contributed by atoms with van der Waals surface area (Å²) >= 11 is 6.12. The second-order valence-electron chi connectivity index (χ2n) is 10.5. The lowest BCUT2D eigenvalue weighted by molar-refractivity contribution is 0.125. The van der Waals surface area contributed by atoms with E-state index in [0.29, 0.717) is 0 Å². The Kier molecular flexibility index (Phi) is 10.2. The smallest absolute Gasteiger partial charge is 0.0737 e. The van der Waals surface area contributed by atoms with Crippen LogP contribution >= 0.6 is 11.6 Å². The van der Waals surface area contributed by atoms with Gasteiger partial charge < -0.3 is 15.1 Å². The molecule has 2 heterocycles. The van der Waals surface area contributed by atoms with E-state index >= 15 is 0 Å². The Hall–Kier alpha value is -2.96. The van der Waals surface area contributed by atoms with Gasteiger partial charge in [0.15, 0.2) is 0 Å². The molecular weight excluding hydrogens is 502 g/mol. The molecule has 0 aliphatic carbocycles. The summed E-state index contributed by atoms with van der Waals surface area (Å²) in [6, 6.07) is 29.7. The van der Waals surface area contributed by atoms with Crippen LogP contribution in [-0.2, 0) is 13.1 Å². The number of hydrogen-bond donors (Lipinski definition) is 1. The zero-order valence-corrected chi connectivity index (χ0v) is 23.6. The second kappa shape index (κ2) is 14.4. The summed E-state index contributed by atoms with van der Waals surface area (Å²) in [7, 11) is 0. The monoisotopic (exact) mass is 541 g/mol. The molecule has 1 fully saturated rings. The van der Waals surface area contributed by atoms with Gasteiger partial charge in [-0.1, -0.05) is 72.3 Å². The standard InChI is InChI=1S/C33H40ClN5/c34-30-13-14-31-32(15-17-36-33(31)25-30)35-16-7-18-37-21-23-38(24-22-37)19-8-20-39(26-28-9-3-1-4-10-28)27-29-11-5-2-6-12-29/h1-6,9-15,17,25H,7-8,16,18-24,26-27H2,(H,35,36). The van der Waals surface area contributed by atoms with Crippen LogP contribution in [-0.4, -0.2) is 72.0 Å². The first-order valence-electron chi connectivity index (χ1n) is 14.3. The fourth-order valence-corrected chi connectivity index (χ4v) is 5.62. The highest BCUT2D eigenvalue weighted by molar-refractivity contribution is 6.31. The van der Waals surface area contributed by atoms with Crippen molar-refractivity contribution in [3.63, 3.8) is 0 Å². The number of anilines is 1. The minimum atomic E-state index is 0.725. The minimum Gasteiger partial charge on any atom is -0.384 e. The van der Waals surface area contributed by atoms with Gasteiger partial charge in [-0.15, -0.1) is 0 Å². The third kappa shape index (κ3) is 8.51. The Balaban J connectivity index is 1.01. The van der Waals surface area contributed by atoms with Crippen molar-refractivity contribution in [1.82, 2.24) is 19.7 Å². The van der Waals surface area contributed by atoms with Crippen LogP contribution in [0.25, 0.3) is 10.9 Å². The number of fused-ring (bicyclic) bond motifs is 1. The maximum Gasteiger partial charge on any atom is 0.0737 e. The van der Waals surface area contributed by atoms with Gasteiger partial charge in [-0.25, -0.2) is 0 Å². The molecule has 0 amide bonds. The lowest BCUT2D eigenvalue weighted by Gasteiger charge is -2.35. The van der Waals surface area contributed by atoms with Crippen LogP contribution in [0.1, 0.15) is 24.0 Å². The molecular formula is C33H40ClN5. The van der Waals surface area contributed by atoms with E-state index < -0.39 is 0 Å². The fraction of sp³-hybridized carbons (Fsp3) is 0.364. The lowest BCUT2D eigenvalue weighted by atomic mass is 10.1. The van der Waals surface area contributed by atoms with Crippen molar-refractivity contribution in [3.8, 4) is 0 Å². The van der Waals surface area contributed by atoms with Gasteiger partial charge in [0, 0.05) is 74.7 Å². The minimum absolute atomic E-state index is 0.725. The highest BCUT2D eigenvalue weighted by atomic mass is 35.5. The number of piperazine rings is 1. The highest BCUT2D eigenvalue weighted by Gasteiger charge is 2.17. The molecule has 204 valence electrons. The first kappa shape index (κ1) is 27.6. The molecule has 0 radical (unpaired) electrons. The fourth-order valence-electron chi connectivity index (χ4n) is 5.45. The molecule has 1 aliphatic heterocycles. The molecule has 6 heteroatoms. The van der Waals surface area contributed by atoms with Crippen molar-refractivity contribution < 1.29 is 0 Å². The Morgan fingerprint density at radius 1 is 0.744 bits per heavy atom. The number of halogens is 1. The molecule has 0 atom stereocenters. The van der Waals surface area contributed by atoms with Gasteiger partial charge in [-0.3, -0.25) is 9.88 Å². The van der Waals surface area contributed by atoms with E-state index in [1.54, 1.807) is 0 Å². The molecule has 0 spiro atoms. The van der Waals surface area contributed by atoms with Crippen molar-refractivity contribution in [1.29, 1.82) is 0 Å². The predicted molar refractivity (Wildman–Crippen MR) is 164 cm³/mol. The summed E-state index contributed by atoms with van der Waals surface area (Å²) in [5, 5.41) is 5.46. The number of aromatic nitrogens is 1. The third-order valence-electron chi connectivity index (χ3n) is 7.58. The molecule has 1 aromatic heterocycles. The van der Waals surface area contributed by atoms with Crippen molar-refractivity contribution in [2.75, 3.05) is 57.7 Å². The molecule has 5 rings (SSSR count). The normalized spacial score (nSPS) is 14.7. The molecule has 0 saturated carbocycles. The molecule has 3 aromatic carbocycles. The Morgan fingerprint density at radius 2 is 1.36 bits per heavy atom. The van der Waals surface area contributed by atoms with Crippen LogP contribution in [0.15, 0.2) is 91.1 Å².